The molecule has 1 heterocycles. The normalized spacial score (nSPS) is 10.9. The number of fused-ring (bicyclic) bond motifs is 1. The standard InChI is InChI=1S/C9H7ClOS/c1-5-7-4-6(10)2-3-8(7)11-9(5)12/h2-4,12H,1H3. The molecule has 0 unspecified atom stereocenters. The largest absolute Gasteiger partial charge is 0.450 e. The fourth-order valence-electron chi connectivity index (χ4n) is 1.18. The third kappa shape index (κ3) is 1.11. The van der Waals surface area contributed by atoms with Crippen LogP contribution in [0.3, 0.4) is 0 Å². The van der Waals surface area contributed by atoms with Gasteiger partial charge in [0.1, 0.15) is 5.58 Å². The van der Waals surface area contributed by atoms with E-state index >= 15 is 0 Å². The van der Waals surface area contributed by atoms with Crippen molar-refractivity contribution >= 4 is 35.2 Å². The topological polar surface area (TPSA) is 13.1 Å². The first-order valence-electron chi connectivity index (χ1n) is 3.56. The Bertz CT molecular complexity index is 433. The van der Waals surface area contributed by atoms with E-state index in [1.807, 2.05) is 19.1 Å². The van der Waals surface area contributed by atoms with Gasteiger partial charge in [-0.3, -0.25) is 0 Å². The van der Waals surface area contributed by atoms with Gasteiger partial charge >= 0.3 is 0 Å². The molecule has 2 aromatic rings. The average Bonchev–Trinajstić information content (AvgIpc) is 2.31. The van der Waals surface area contributed by atoms with Gasteiger partial charge in [-0.1, -0.05) is 11.6 Å². The highest BCUT2D eigenvalue weighted by atomic mass is 35.5. The molecule has 0 atom stereocenters. The van der Waals surface area contributed by atoms with Gasteiger partial charge in [-0.05, 0) is 25.1 Å². The van der Waals surface area contributed by atoms with Crippen molar-refractivity contribution < 1.29 is 4.42 Å². The number of furan rings is 1. The average molecular weight is 199 g/mol. The van der Waals surface area contributed by atoms with Crippen molar-refractivity contribution in [3.63, 3.8) is 0 Å². The third-order valence-corrected chi connectivity index (χ3v) is 2.53. The highest BCUT2D eigenvalue weighted by Gasteiger charge is 2.06. The summed E-state index contributed by atoms with van der Waals surface area (Å²) in [6.07, 6.45) is 0. The minimum atomic E-state index is 0.660. The van der Waals surface area contributed by atoms with Gasteiger partial charge in [0.15, 0.2) is 5.09 Å². The van der Waals surface area contributed by atoms with E-state index in [9.17, 15) is 0 Å². The molecular formula is C9H7ClOS. The smallest absolute Gasteiger partial charge is 0.161 e. The second kappa shape index (κ2) is 2.71. The Labute approximate surface area is 80.7 Å². The lowest BCUT2D eigenvalue weighted by atomic mass is 10.2. The summed E-state index contributed by atoms with van der Waals surface area (Å²) in [6.45, 7) is 1.96. The first-order valence-corrected chi connectivity index (χ1v) is 4.38. The molecule has 0 saturated heterocycles. The number of hydrogen-bond acceptors (Lipinski definition) is 2. The summed E-state index contributed by atoms with van der Waals surface area (Å²) in [6, 6.07) is 5.54. The Balaban J connectivity index is 2.88. The Morgan fingerprint density at radius 2 is 2.17 bits per heavy atom. The van der Waals surface area contributed by atoms with Crippen LogP contribution in [0, 0.1) is 6.92 Å². The van der Waals surface area contributed by atoms with Crippen molar-refractivity contribution in [3.8, 4) is 0 Å². The monoisotopic (exact) mass is 198 g/mol. The third-order valence-electron chi connectivity index (χ3n) is 1.87. The van der Waals surface area contributed by atoms with Crippen molar-refractivity contribution in [1.82, 2.24) is 0 Å². The van der Waals surface area contributed by atoms with E-state index in [1.54, 1.807) is 6.07 Å². The number of aryl methyl sites for hydroxylation is 1. The van der Waals surface area contributed by atoms with Gasteiger partial charge in [0.2, 0.25) is 0 Å². The van der Waals surface area contributed by atoms with Crippen LogP contribution in [0.2, 0.25) is 5.02 Å². The molecule has 1 aromatic carbocycles. The Hall–Kier alpha value is -0.600. The van der Waals surface area contributed by atoms with Gasteiger partial charge in [0.05, 0.1) is 0 Å². The van der Waals surface area contributed by atoms with Crippen LogP contribution in [0.1, 0.15) is 5.56 Å². The molecule has 62 valence electrons. The lowest BCUT2D eigenvalue weighted by molar-refractivity contribution is 0.512. The van der Waals surface area contributed by atoms with Crippen molar-refractivity contribution in [2.45, 2.75) is 12.0 Å². The van der Waals surface area contributed by atoms with Gasteiger partial charge in [0, 0.05) is 16.0 Å². The first kappa shape index (κ1) is 8.02. The lowest BCUT2D eigenvalue weighted by Crippen LogP contribution is -1.68. The first-order chi connectivity index (χ1) is 5.68. The molecule has 2 rings (SSSR count). The van der Waals surface area contributed by atoms with Crippen LogP contribution in [0.5, 0.6) is 0 Å². The van der Waals surface area contributed by atoms with E-state index in [0.29, 0.717) is 5.09 Å². The zero-order chi connectivity index (χ0) is 8.72. The maximum absolute atomic E-state index is 5.83. The quantitative estimate of drug-likeness (QED) is 0.638. The van der Waals surface area contributed by atoms with Crippen LogP contribution in [0.25, 0.3) is 11.0 Å². The SMILES string of the molecule is Cc1c(S)oc2ccc(Cl)cc12. The molecule has 1 nitrogen and oxygen atoms in total. The fraction of sp³-hybridized carbons (Fsp3) is 0.111. The molecule has 0 aliphatic heterocycles. The van der Waals surface area contributed by atoms with Crippen LogP contribution >= 0.6 is 24.2 Å². The van der Waals surface area contributed by atoms with E-state index in [1.165, 1.54) is 0 Å². The number of halogens is 1. The summed E-state index contributed by atoms with van der Waals surface area (Å²) in [5.41, 5.74) is 1.87. The number of thiol groups is 1. The molecule has 1 aromatic heterocycles. The van der Waals surface area contributed by atoms with Crippen LogP contribution in [-0.2, 0) is 0 Å². The van der Waals surface area contributed by atoms with Gasteiger partial charge in [-0.2, -0.15) is 0 Å². The van der Waals surface area contributed by atoms with Crippen molar-refractivity contribution in [1.29, 1.82) is 0 Å². The summed E-state index contributed by atoms with van der Waals surface area (Å²) in [5, 5.41) is 2.42. The van der Waals surface area contributed by atoms with E-state index in [2.05, 4.69) is 12.6 Å². The predicted molar refractivity (Wildman–Crippen MR) is 53.2 cm³/mol. The molecule has 12 heavy (non-hydrogen) atoms. The summed E-state index contributed by atoms with van der Waals surface area (Å²) in [5.74, 6) is 0. The minimum Gasteiger partial charge on any atom is -0.450 e. The highest BCUT2D eigenvalue weighted by Crippen LogP contribution is 2.29. The second-order valence-electron chi connectivity index (χ2n) is 2.67. The number of benzene rings is 1. The van der Waals surface area contributed by atoms with Crippen LogP contribution in [0.4, 0.5) is 0 Å². The van der Waals surface area contributed by atoms with E-state index in [-0.39, 0.29) is 0 Å². The summed E-state index contributed by atoms with van der Waals surface area (Å²) in [4.78, 5) is 0. The van der Waals surface area contributed by atoms with Gasteiger partial charge < -0.3 is 4.42 Å². The summed E-state index contributed by atoms with van der Waals surface area (Å²) < 4.78 is 5.36. The van der Waals surface area contributed by atoms with Crippen molar-refractivity contribution in [3.05, 3.63) is 28.8 Å². The van der Waals surface area contributed by atoms with E-state index < -0.39 is 0 Å². The molecule has 3 heteroatoms. The van der Waals surface area contributed by atoms with E-state index in [0.717, 1.165) is 21.6 Å². The number of hydrogen-bond donors (Lipinski definition) is 1. The predicted octanol–water partition coefficient (Wildman–Crippen LogP) is 3.68. The molecule has 0 aliphatic carbocycles. The van der Waals surface area contributed by atoms with Crippen LogP contribution < -0.4 is 0 Å². The number of rotatable bonds is 0. The fourth-order valence-corrected chi connectivity index (χ4v) is 1.57. The lowest BCUT2D eigenvalue weighted by Gasteiger charge is -1.89. The zero-order valence-corrected chi connectivity index (χ0v) is 8.12. The minimum absolute atomic E-state index is 0.660. The molecule has 0 amide bonds. The van der Waals surface area contributed by atoms with Crippen molar-refractivity contribution in [2.75, 3.05) is 0 Å². The maximum atomic E-state index is 5.83. The van der Waals surface area contributed by atoms with Gasteiger partial charge in [-0.25, -0.2) is 0 Å². The molecule has 0 fully saturated rings. The summed E-state index contributed by atoms with van der Waals surface area (Å²) >= 11 is 10.0. The summed E-state index contributed by atoms with van der Waals surface area (Å²) in [7, 11) is 0. The van der Waals surface area contributed by atoms with Crippen LogP contribution in [-0.4, -0.2) is 0 Å². The van der Waals surface area contributed by atoms with Crippen LogP contribution in [0.15, 0.2) is 27.7 Å². The molecule has 0 aliphatic rings. The molecule has 0 spiro atoms. The molecule has 0 bridgehead atoms. The second-order valence-corrected chi connectivity index (χ2v) is 3.52. The van der Waals surface area contributed by atoms with E-state index in [4.69, 9.17) is 16.0 Å². The molecular weight excluding hydrogens is 192 g/mol. The Morgan fingerprint density at radius 3 is 2.92 bits per heavy atom. The highest BCUT2D eigenvalue weighted by molar-refractivity contribution is 7.80. The van der Waals surface area contributed by atoms with Crippen molar-refractivity contribution in [2.24, 2.45) is 0 Å². The molecule has 0 saturated carbocycles. The maximum Gasteiger partial charge on any atom is 0.161 e. The van der Waals surface area contributed by atoms with Gasteiger partial charge in [0.25, 0.3) is 0 Å². The molecule has 0 radical (unpaired) electrons. The molecule has 0 N–H and O–H groups in total. The zero-order valence-electron chi connectivity index (χ0n) is 6.47. The Morgan fingerprint density at radius 1 is 1.42 bits per heavy atom. The Kier molecular flexibility index (Phi) is 1.81. The van der Waals surface area contributed by atoms with Gasteiger partial charge in [-0.15, -0.1) is 12.6 Å².